The molecule has 0 radical (unpaired) electrons. The lowest BCUT2D eigenvalue weighted by atomic mass is 10.3. The Morgan fingerprint density at radius 2 is 1.93 bits per heavy atom. The van der Waals surface area contributed by atoms with Crippen LogP contribution in [0.3, 0.4) is 0 Å². The molecule has 0 fully saturated rings. The Labute approximate surface area is 75.3 Å². The lowest BCUT2D eigenvalue weighted by molar-refractivity contribution is -0.275. The number of alkyl halides is 5. The van der Waals surface area contributed by atoms with Gasteiger partial charge < -0.3 is 4.74 Å². The van der Waals surface area contributed by atoms with Gasteiger partial charge in [-0.1, -0.05) is 0 Å². The van der Waals surface area contributed by atoms with E-state index in [2.05, 4.69) is 9.72 Å². The van der Waals surface area contributed by atoms with Gasteiger partial charge in [-0.2, -0.15) is 0 Å². The Balaban J connectivity index is 2.96. The Hall–Kier alpha value is -1.40. The highest BCUT2D eigenvalue weighted by atomic mass is 19.4. The van der Waals surface area contributed by atoms with Gasteiger partial charge in [0.05, 0.1) is 5.56 Å². The van der Waals surface area contributed by atoms with E-state index in [9.17, 15) is 22.0 Å². The quantitative estimate of drug-likeness (QED) is 0.704. The summed E-state index contributed by atoms with van der Waals surface area (Å²) < 4.78 is 62.7. The summed E-state index contributed by atoms with van der Waals surface area (Å²) in [5.41, 5.74) is -0.884. The molecule has 2 nitrogen and oxygen atoms in total. The van der Waals surface area contributed by atoms with Crippen LogP contribution in [0.4, 0.5) is 22.0 Å². The van der Waals surface area contributed by atoms with Gasteiger partial charge in [-0.15, -0.1) is 13.2 Å². The lowest BCUT2D eigenvalue weighted by Crippen LogP contribution is -2.18. The Morgan fingerprint density at radius 1 is 1.29 bits per heavy atom. The minimum Gasteiger partial charge on any atom is -0.405 e. The number of halogens is 5. The first-order chi connectivity index (χ1) is 6.40. The molecule has 1 rings (SSSR count). The van der Waals surface area contributed by atoms with E-state index < -0.39 is 24.1 Å². The molecule has 0 aliphatic rings. The maximum Gasteiger partial charge on any atom is 0.573 e. The van der Waals surface area contributed by atoms with E-state index in [1.165, 1.54) is 0 Å². The molecule has 0 N–H and O–H groups in total. The molecule has 0 atom stereocenters. The summed E-state index contributed by atoms with van der Waals surface area (Å²) in [7, 11) is 0. The monoisotopic (exact) mass is 213 g/mol. The van der Waals surface area contributed by atoms with Gasteiger partial charge in [0.15, 0.2) is 0 Å². The van der Waals surface area contributed by atoms with Crippen molar-refractivity contribution in [3.05, 3.63) is 24.0 Å². The third-order valence-electron chi connectivity index (χ3n) is 1.27. The van der Waals surface area contributed by atoms with Crippen LogP contribution in [0.25, 0.3) is 0 Å². The predicted octanol–water partition coefficient (Wildman–Crippen LogP) is 2.92. The molecule has 7 heteroatoms. The number of nitrogens with zero attached hydrogens (tertiary/aromatic N) is 1. The van der Waals surface area contributed by atoms with Crippen molar-refractivity contribution >= 4 is 0 Å². The van der Waals surface area contributed by atoms with Crippen LogP contribution >= 0.6 is 0 Å². The Morgan fingerprint density at radius 3 is 2.43 bits per heavy atom. The van der Waals surface area contributed by atoms with Crippen LogP contribution < -0.4 is 4.74 Å². The molecular weight excluding hydrogens is 209 g/mol. The van der Waals surface area contributed by atoms with Gasteiger partial charge in [0.25, 0.3) is 6.43 Å². The molecule has 0 unspecified atom stereocenters. The van der Waals surface area contributed by atoms with Crippen LogP contribution in [0.1, 0.15) is 12.0 Å². The molecule has 0 aromatic carbocycles. The van der Waals surface area contributed by atoms with E-state index in [0.717, 1.165) is 12.3 Å². The van der Waals surface area contributed by atoms with Gasteiger partial charge in [-0.05, 0) is 6.07 Å². The Bertz CT molecular complexity index is 311. The summed E-state index contributed by atoms with van der Waals surface area (Å²) in [5, 5.41) is 0. The first-order valence-corrected chi connectivity index (χ1v) is 3.38. The number of pyridine rings is 1. The van der Waals surface area contributed by atoms with Gasteiger partial charge >= 0.3 is 6.36 Å². The third-order valence-corrected chi connectivity index (χ3v) is 1.27. The predicted molar refractivity (Wildman–Crippen MR) is 35.9 cm³/mol. The SMILES string of the molecule is FC(F)c1cnccc1OC(F)(F)F. The van der Waals surface area contributed by atoms with Crippen molar-refractivity contribution in [3.63, 3.8) is 0 Å². The smallest absolute Gasteiger partial charge is 0.405 e. The molecule has 78 valence electrons. The zero-order valence-corrected chi connectivity index (χ0v) is 6.55. The van der Waals surface area contributed by atoms with Crippen molar-refractivity contribution in [2.75, 3.05) is 0 Å². The van der Waals surface area contributed by atoms with Crippen molar-refractivity contribution in [1.29, 1.82) is 0 Å². The van der Waals surface area contributed by atoms with Gasteiger partial charge in [0.1, 0.15) is 5.75 Å². The highest BCUT2D eigenvalue weighted by Gasteiger charge is 2.33. The lowest BCUT2D eigenvalue weighted by Gasteiger charge is -2.11. The van der Waals surface area contributed by atoms with E-state index in [1.54, 1.807) is 0 Å². The molecule has 0 spiro atoms. The largest absolute Gasteiger partial charge is 0.573 e. The summed E-state index contributed by atoms with van der Waals surface area (Å²) in [5.74, 6) is -0.928. The number of hydrogen-bond acceptors (Lipinski definition) is 2. The average molecular weight is 213 g/mol. The van der Waals surface area contributed by atoms with Crippen molar-refractivity contribution in [1.82, 2.24) is 4.98 Å². The highest BCUT2D eigenvalue weighted by molar-refractivity contribution is 5.31. The number of rotatable bonds is 2. The fourth-order valence-corrected chi connectivity index (χ4v) is 0.775. The van der Waals surface area contributed by atoms with Crippen molar-refractivity contribution in [2.45, 2.75) is 12.8 Å². The molecule has 14 heavy (non-hydrogen) atoms. The van der Waals surface area contributed by atoms with Gasteiger partial charge in [0, 0.05) is 12.4 Å². The van der Waals surface area contributed by atoms with E-state index in [-0.39, 0.29) is 0 Å². The molecule has 1 heterocycles. The molecule has 1 aromatic heterocycles. The first-order valence-electron chi connectivity index (χ1n) is 3.38. The maximum absolute atomic E-state index is 12.1. The minimum absolute atomic E-state index is 0.631. The second-order valence-corrected chi connectivity index (χ2v) is 2.26. The number of hydrogen-bond donors (Lipinski definition) is 0. The molecule has 0 aliphatic carbocycles. The molecule has 0 amide bonds. The topological polar surface area (TPSA) is 22.1 Å². The van der Waals surface area contributed by atoms with Crippen LogP contribution in [0.2, 0.25) is 0 Å². The van der Waals surface area contributed by atoms with Gasteiger partial charge in [-0.25, -0.2) is 8.78 Å². The van der Waals surface area contributed by atoms with Crippen LogP contribution in [0.15, 0.2) is 18.5 Å². The normalized spacial score (nSPS) is 11.9. The van der Waals surface area contributed by atoms with Crippen molar-refractivity contribution in [3.8, 4) is 5.75 Å². The summed E-state index contributed by atoms with van der Waals surface area (Å²) in [6.07, 6.45) is -6.47. The fourth-order valence-electron chi connectivity index (χ4n) is 0.775. The van der Waals surface area contributed by atoms with Gasteiger partial charge in [-0.3, -0.25) is 4.98 Å². The zero-order chi connectivity index (χ0) is 10.8. The third kappa shape index (κ3) is 2.82. The minimum atomic E-state index is -4.98. The van der Waals surface area contributed by atoms with Crippen LogP contribution in [0.5, 0.6) is 5.75 Å². The van der Waals surface area contributed by atoms with Crippen LogP contribution in [-0.4, -0.2) is 11.3 Å². The summed E-state index contributed by atoms with van der Waals surface area (Å²) in [6, 6.07) is 0.731. The second kappa shape index (κ2) is 3.77. The molecule has 1 aromatic rings. The number of ether oxygens (including phenoxy) is 1. The Kier molecular flexibility index (Phi) is 2.87. The first kappa shape index (κ1) is 10.7. The standard InChI is InChI=1S/C7H4F5NO/c8-6(9)4-3-13-2-1-5(4)14-7(10,11)12/h1-3,6H. The highest BCUT2D eigenvalue weighted by Crippen LogP contribution is 2.31. The van der Waals surface area contributed by atoms with Crippen LogP contribution in [0, 0.1) is 0 Å². The van der Waals surface area contributed by atoms with Crippen molar-refractivity contribution in [2.24, 2.45) is 0 Å². The van der Waals surface area contributed by atoms with Crippen LogP contribution in [-0.2, 0) is 0 Å². The van der Waals surface area contributed by atoms with Crippen molar-refractivity contribution < 1.29 is 26.7 Å². The summed E-state index contributed by atoms with van der Waals surface area (Å²) in [6.45, 7) is 0. The summed E-state index contributed by atoms with van der Waals surface area (Å²) in [4.78, 5) is 3.27. The maximum atomic E-state index is 12.1. The molecule has 0 bridgehead atoms. The van der Waals surface area contributed by atoms with E-state index in [0.29, 0.717) is 6.20 Å². The van der Waals surface area contributed by atoms with E-state index in [4.69, 9.17) is 0 Å². The average Bonchev–Trinajstić information content (AvgIpc) is 2.01. The van der Waals surface area contributed by atoms with E-state index >= 15 is 0 Å². The van der Waals surface area contributed by atoms with Gasteiger partial charge in [0.2, 0.25) is 0 Å². The molecule has 0 saturated heterocycles. The van der Waals surface area contributed by atoms with E-state index in [1.807, 2.05) is 0 Å². The molecule has 0 saturated carbocycles. The number of aromatic nitrogens is 1. The second-order valence-electron chi connectivity index (χ2n) is 2.26. The zero-order valence-electron chi connectivity index (χ0n) is 6.55. The summed E-state index contributed by atoms with van der Waals surface area (Å²) >= 11 is 0. The fraction of sp³-hybridized carbons (Fsp3) is 0.286. The molecule has 0 aliphatic heterocycles. The molecular formula is C7H4F5NO.